The van der Waals surface area contributed by atoms with Crippen molar-refractivity contribution in [3.05, 3.63) is 63.3 Å². The van der Waals surface area contributed by atoms with Crippen LogP contribution in [0.5, 0.6) is 0 Å². The molecule has 0 unspecified atom stereocenters. The second-order valence-electron chi connectivity index (χ2n) is 3.78. The van der Waals surface area contributed by atoms with Gasteiger partial charge in [0, 0.05) is 26.8 Å². The summed E-state index contributed by atoms with van der Waals surface area (Å²) in [5.41, 5.74) is 1.72. The molecule has 2 aromatic rings. The van der Waals surface area contributed by atoms with Gasteiger partial charge < -0.3 is 5.21 Å². The molecule has 0 atom stereocenters. The zero-order valence-corrected chi connectivity index (χ0v) is 11.1. The fourth-order valence-electron chi connectivity index (χ4n) is 1.49. The summed E-state index contributed by atoms with van der Waals surface area (Å²) in [4.78, 5) is 0.548. The van der Waals surface area contributed by atoms with E-state index in [1.54, 1.807) is 42.5 Å². The number of halogens is 2. The Kier molecular flexibility index (Phi) is 3.84. The highest BCUT2D eigenvalue weighted by Crippen LogP contribution is 2.25. The smallest absolute Gasteiger partial charge is 0.249 e. The lowest BCUT2D eigenvalue weighted by atomic mass is 10.2. The normalized spacial score (nSPS) is 11.6. The SMILES string of the molecule is Cc1ccc(Cl)cc1[N+]([O-])=Nc1cccc(Cl)c1. The number of nitrogens with zero attached hydrogens (tertiary/aromatic N) is 2. The van der Waals surface area contributed by atoms with E-state index in [4.69, 9.17) is 23.2 Å². The van der Waals surface area contributed by atoms with Crippen LogP contribution in [-0.2, 0) is 0 Å². The van der Waals surface area contributed by atoms with Crippen LogP contribution in [-0.4, -0.2) is 4.86 Å². The summed E-state index contributed by atoms with van der Waals surface area (Å²) in [6.45, 7) is 1.82. The number of azo groups is 1. The summed E-state index contributed by atoms with van der Waals surface area (Å²) in [5.74, 6) is 0. The first-order chi connectivity index (χ1) is 8.56. The van der Waals surface area contributed by atoms with E-state index in [0.717, 1.165) is 5.56 Å². The van der Waals surface area contributed by atoms with E-state index in [0.29, 0.717) is 26.3 Å². The fraction of sp³-hybridized carbons (Fsp3) is 0.0769. The van der Waals surface area contributed by atoms with Crippen LogP contribution in [0.25, 0.3) is 0 Å². The quantitative estimate of drug-likeness (QED) is 0.422. The Labute approximate surface area is 115 Å². The molecule has 0 N–H and O–H groups in total. The van der Waals surface area contributed by atoms with Crippen LogP contribution in [0.2, 0.25) is 10.0 Å². The standard InChI is InChI=1S/C13H10Cl2N2O/c1-9-5-6-11(15)8-13(9)17(18)16-12-4-2-3-10(14)7-12/h2-8H,1H3. The molecule has 92 valence electrons. The Hall–Kier alpha value is -1.58. The summed E-state index contributed by atoms with van der Waals surface area (Å²) in [5, 5.41) is 16.9. The molecule has 0 saturated heterocycles. The molecule has 0 saturated carbocycles. The van der Waals surface area contributed by atoms with E-state index in [9.17, 15) is 5.21 Å². The van der Waals surface area contributed by atoms with Crippen LogP contribution >= 0.6 is 23.2 Å². The van der Waals surface area contributed by atoms with E-state index >= 15 is 0 Å². The molecule has 0 aromatic heterocycles. The summed E-state index contributed by atoms with van der Waals surface area (Å²) in [6, 6.07) is 11.9. The first-order valence-electron chi connectivity index (χ1n) is 5.27. The zero-order chi connectivity index (χ0) is 13.1. The van der Waals surface area contributed by atoms with Crippen molar-refractivity contribution in [2.75, 3.05) is 0 Å². The molecular formula is C13H10Cl2N2O. The largest absolute Gasteiger partial charge is 0.594 e. The Morgan fingerprint density at radius 2 is 1.78 bits per heavy atom. The highest BCUT2D eigenvalue weighted by Gasteiger charge is 2.09. The summed E-state index contributed by atoms with van der Waals surface area (Å²) < 4.78 is 0. The lowest BCUT2D eigenvalue weighted by Crippen LogP contribution is -1.93. The molecule has 2 aromatic carbocycles. The summed E-state index contributed by atoms with van der Waals surface area (Å²) in [7, 11) is 0. The lowest BCUT2D eigenvalue weighted by Gasteiger charge is -2.03. The average molecular weight is 281 g/mol. The maximum absolute atomic E-state index is 11.9. The van der Waals surface area contributed by atoms with Gasteiger partial charge in [-0.3, -0.25) is 0 Å². The molecule has 2 rings (SSSR count). The number of rotatable bonds is 2. The third-order valence-electron chi connectivity index (χ3n) is 2.39. The topological polar surface area (TPSA) is 38.4 Å². The molecule has 0 aliphatic carbocycles. The molecule has 0 aliphatic heterocycles. The third kappa shape index (κ3) is 3.00. The Bertz CT molecular complexity index is 612. The molecule has 3 nitrogen and oxygen atoms in total. The highest BCUT2D eigenvalue weighted by atomic mass is 35.5. The third-order valence-corrected chi connectivity index (χ3v) is 2.86. The van der Waals surface area contributed by atoms with Crippen LogP contribution < -0.4 is 0 Å². The minimum atomic E-state index is 0.419. The van der Waals surface area contributed by atoms with Crippen LogP contribution in [0.1, 0.15) is 5.56 Å². The van der Waals surface area contributed by atoms with Crippen molar-refractivity contribution in [1.82, 2.24) is 0 Å². The minimum absolute atomic E-state index is 0.419. The Morgan fingerprint density at radius 3 is 2.50 bits per heavy atom. The highest BCUT2D eigenvalue weighted by molar-refractivity contribution is 6.31. The summed E-state index contributed by atoms with van der Waals surface area (Å²) in [6.07, 6.45) is 0. The number of aryl methyl sites for hydroxylation is 1. The van der Waals surface area contributed by atoms with Crippen LogP contribution in [0.15, 0.2) is 47.6 Å². The first-order valence-corrected chi connectivity index (χ1v) is 6.02. The van der Waals surface area contributed by atoms with Crippen molar-refractivity contribution in [1.29, 1.82) is 0 Å². The molecule has 0 fully saturated rings. The molecule has 0 bridgehead atoms. The van der Waals surface area contributed by atoms with Gasteiger partial charge in [0.25, 0.3) is 0 Å². The van der Waals surface area contributed by atoms with Crippen molar-refractivity contribution in [2.45, 2.75) is 6.92 Å². The second-order valence-corrected chi connectivity index (χ2v) is 4.66. The van der Waals surface area contributed by atoms with Gasteiger partial charge in [-0.1, -0.05) is 35.3 Å². The van der Waals surface area contributed by atoms with Gasteiger partial charge in [-0.05, 0) is 36.0 Å². The van der Waals surface area contributed by atoms with Crippen LogP contribution in [0.4, 0.5) is 11.4 Å². The van der Waals surface area contributed by atoms with Crippen LogP contribution in [0, 0.1) is 12.1 Å². The maximum Gasteiger partial charge on any atom is 0.249 e. The Morgan fingerprint density at radius 1 is 1.06 bits per heavy atom. The monoisotopic (exact) mass is 280 g/mol. The molecule has 18 heavy (non-hydrogen) atoms. The molecule has 0 radical (unpaired) electrons. The minimum Gasteiger partial charge on any atom is -0.594 e. The number of benzene rings is 2. The summed E-state index contributed by atoms with van der Waals surface area (Å²) >= 11 is 11.7. The molecular weight excluding hydrogens is 271 g/mol. The average Bonchev–Trinajstić information content (AvgIpc) is 2.32. The van der Waals surface area contributed by atoms with Gasteiger partial charge in [0.2, 0.25) is 5.69 Å². The second kappa shape index (κ2) is 5.38. The van der Waals surface area contributed by atoms with E-state index in [1.807, 2.05) is 6.92 Å². The van der Waals surface area contributed by atoms with Crippen molar-refractivity contribution in [3.8, 4) is 0 Å². The Balaban J connectivity index is 2.41. The van der Waals surface area contributed by atoms with Gasteiger partial charge in [-0.25, -0.2) is 0 Å². The van der Waals surface area contributed by atoms with Crippen LogP contribution in [0.3, 0.4) is 0 Å². The zero-order valence-electron chi connectivity index (χ0n) is 9.60. The molecule has 5 heteroatoms. The predicted molar refractivity (Wildman–Crippen MR) is 73.0 cm³/mol. The van der Waals surface area contributed by atoms with Crippen molar-refractivity contribution >= 4 is 34.6 Å². The number of hydrogen-bond donors (Lipinski definition) is 0. The lowest BCUT2D eigenvalue weighted by molar-refractivity contribution is -0.435. The fourth-order valence-corrected chi connectivity index (χ4v) is 1.84. The van der Waals surface area contributed by atoms with E-state index in [-0.39, 0.29) is 0 Å². The van der Waals surface area contributed by atoms with Gasteiger partial charge >= 0.3 is 0 Å². The van der Waals surface area contributed by atoms with Gasteiger partial charge in [-0.2, -0.15) is 0 Å². The number of hydrogen-bond acceptors (Lipinski definition) is 2. The van der Waals surface area contributed by atoms with Gasteiger partial charge in [0.1, 0.15) is 5.69 Å². The van der Waals surface area contributed by atoms with Crippen molar-refractivity contribution in [2.24, 2.45) is 5.11 Å². The van der Waals surface area contributed by atoms with E-state index in [1.165, 1.54) is 0 Å². The van der Waals surface area contributed by atoms with E-state index in [2.05, 4.69) is 5.11 Å². The van der Waals surface area contributed by atoms with Gasteiger partial charge in [0.15, 0.2) is 0 Å². The van der Waals surface area contributed by atoms with Gasteiger partial charge in [0.05, 0.1) is 0 Å². The molecule has 0 amide bonds. The molecule has 0 heterocycles. The van der Waals surface area contributed by atoms with Crippen molar-refractivity contribution in [3.63, 3.8) is 0 Å². The first kappa shape index (κ1) is 12.9. The van der Waals surface area contributed by atoms with Gasteiger partial charge in [-0.15, -0.1) is 0 Å². The van der Waals surface area contributed by atoms with E-state index < -0.39 is 0 Å². The molecule has 0 spiro atoms. The maximum atomic E-state index is 11.9. The van der Waals surface area contributed by atoms with Crippen molar-refractivity contribution < 1.29 is 4.86 Å². The molecule has 0 aliphatic rings. The predicted octanol–water partition coefficient (Wildman–Crippen LogP) is 5.23.